The van der Waals surface area contributed by atoms with Crippen LogP contribution in [0, 0.1) is 10.1 Å². The normalized spacial score (nSPS) is 10.7. The van der Waals surface area contributed by atoms with Gasteiger partial charge >= 0.3 is 0 Å². The number of aromatic nitrogens is 1. The molecule has 1 aromatic heterocycles. The van der Waals surface area contributed by atoms with E-state index in [0.29, 0.717) is 5.56 Å². The number of rotatable bonds is 7. The lowest BCUT2D eigenvalue weighted by molar-refractivity contribution is -0.676. The van der Waals surface area contributed by atoms with Crippen LogP contribution >= 0.6 is 0 Å². The van der Waals surface area contributed by atoms with Gasteiger partial charge in [-0.05, 0) is 29.3 Å². The van der Waals surface area contributed by atoms with Crippen molar-refractivity contribution in [3.8, 4) is 33.6 Å². The van der Waals surface area contributed by atoms with E-state index < -0.39 is 0 Å². The molecule has 154 valence electrons. The molecule has 0 fully saturated rings. The average molecular weight is 410 g/mol. The lowest BCUT2D eigenvalue weighted by Crippen LogP contribution is -2.39. The molecule has 4 rings (SSSR count). The van der Waals surface area contributed by atoms with E-state index in [2.05, 4.69) is 47.9 Å². The second-order valence-corrected chi connectivity index (χ2v) is 7.53. The van der Waals surface area contributed by atoms with Crippen LogP contribution < -0.4 is 4.57 Å². The molecular formula is C27H25N2O2+. The van der Waals surface area contributed by atoms with Crippen LogP contribution in [-0.4, -0.2) is 4.92 Å². The number of nitrogens with zero attached hydrogens (tertiary/aromatic N) is 2. The van der Waals surface area contributed by atoms with Crippen LogP contribution in [0.25, 0.3) is 33.6 Å². The minimum Gasteiger partial charge on any atom is -0.258 e. The molecule has 0 spiro atoms. The quantitative estimate of drug-likeness (QED) is 0.194. The first-order chi connectivity index (χ1) is 15.2. The number of hydrogen-bond donors (Lipinski definition) is 0. The second-order valence-electron chi connectivity index (χ2n) is 7.53. The summed E-state index contributed by atoms with van der Waals surface area (Å²) < 4.78 is 2.23. The number of pyridine rings is 1. The van der Waals surface area contributed by atoms with Gasteiger partial charge in [-0.2, -0.15) is 4.57 Å². The molecule has 0 amide bonds. The molecule has 0 bridgehead atoms. The van der Waals surface area contributed by atoms with Crippen LogP contribution in [0.5, 0.6) is 0 Å². The maximum absolute atomic E-state index is 11.8. The molecule has 4 heteroatoms. The molecule has 0 saturated heterocycles. The predicted octanol–water partition coefficient (Wildman–Crippen LogP) is 6.68. The van der Waals surface area contributed by atoms with Gasteiger partial charge in [-0.15, -0.1) is 0 Å². The van der Waals surface area contributed by atoms with E-state index in [4.69, 9.17) is 0 Å². The van der Waals surface area contributed by atoms with E-state index >= 15 is 0 Å². The molecule has 31 heavy (non-hydrogen) atoms. The summed E-state index contributed by atoms with van der Waals surface area (Å²) in [5, 5.41) is 11.8. The Morgan fingerprint density at radius 2 is 1.32 bits per heavy atom. The third-order valence-corrected chi connectivity index (χ3v) is 5.45. The van der Waals surface area contributed by atoms with Crippen LogP contribution in [0.4, 0.5) is 5.69 Å². The van der Waals surface area contributed by atoms with Gasteiger partial charge in [0.2, 0.25) is 11.4 Å². The van der Waals surface area contributed by atoms with Gasteiger partial charge in [0, 0.05) is 30.2 Å². The molecule has 0 aliphatic heterocycles. The fourth-order valence-electron chi connectivity index (χ4n) is 3.90. The zero-order valence-electron chi connectivity index (χ0n) is 17.6. The van der Waals surface area contributed by atoms with E-state index in [9.17, 15) is 10.1 Å². The Balaban J connectivity index is 2.05. The van der Waals surface area contributed by atoms with Crippen molar-refractivity contribution in [1.29, 1.82) is 0 Å². The maximum atomic E-state index is 11.8. The highest BCUT2D eigenvalue weighted by Crippen LogP contribution is 2.33. The molecule has 3 aromatic carbocycles. The molecule has 0 aliphatic rings. The summed E-state index contributed by atoms with van der Waals surface area (Å²) in [5.74, 6) is 0. The first-order valence-electron chi connectivity index (χ1n) is 10.6. The first kappa shape index (κ1) is 20.5. The summed E-state index contributed by atoms with van der Waals surface area (Å²) in [5.41, 5.74) is 5.90. The molecular weight excluding hydrogens is 384 g/mol. The van der Waals surface area contributed by atoms with Crippen molar-refractivity contribution in [3.63, 3.8) is 0 Å². The summed E-state index contributed by atoms with van der Waals surface area (Å²) >= 11 is 0. The van der Waals surface area contributed by atoms with Crippen molar-refractivity contribution in [2.75, 3.05) is 0 Å². The van der Waals surface area contributed by atoms with Gasteiger partial charge in [0.15, 0.2) is 0 Å². The highest BCUT2D eigenvalue weighted by atomic mass is 16.6. The van der Waals surface area contributed by atoms with Crippen LogP contribution in [0.15, 0.2) is 97.1 Å². The SMILES string of the molecule is CCCC[n+]1c(-c2ccccc2)cc(-c2ccccc2)cc1-c1ccccc1[N+](=O)[O-]. The molecule has 1 heterocycles. The topological polar surface area (TPSA) is 47.0 Å². The van der Waals surface area contributed by atoms with Gasteiger partial charge in [0.25, 0.3) is 5.69 Å². The lowest BCUT2D eigenvalue weighted by atomic mass is 9.98. The molecule has 0 N–H and O–H groups in total. The van der Waals surface area contributed by atoms with Crippen LogP contribution in [0.2, 0.25) is 0 Å². The fraction of sp³-hybridized carbons (Fsp3) is 0.148. The number of para-hydroxylation sites is 1. The van der Waals surface area contributed by atoms with Gasteiger partial charge in [0.05, 0.1) is 4.92 Å². The fourth-order valence-corrected chi connectivity index (χ4v) is 3.90. The van der Waals surface area contributed by atoms with Crippen molar-refractivity contribution >= 4 is 5.69 Å². The molecule has 0 unspecified atom stereocenters. The predicted molar refractivity (Wildman–Crippen MR) is 125 cm³/mol. The third kappa shape index (κ3) is 4.38. The van der Waals surface area contributed by atoms with Crippen LogP contribution in [0.3, 0.4) is 0 Å². The van der Waals surface area contributed by atoms with E-state index in [0.717, 1.165) is 47.5 Å². The Morgan fingerprint density at radius 3 is 1.97 bits per heavy atom. The minimum atomic E-state index is -0.295. The van der Waals surface area contributed by atoms with Crippen molar-refractivity contribution in [2.45, 2.75) is 26.3 Å². The third-order valence-electron chi connectivity index (χ3n) is 5.45. The number of unbranched alkanes of at least 4 members (excludes halogenated alkanes) is 1. The second kappa shape index (κ2) is 9.35. The van der Waals surface area contributed by atoms with E-state index in [-0.39, 0.29) is 10.6 Å². The number of nitro benzene ring substituents is 1. The average Bonchev–Trinajstić information content (AvgIpc) is 2.83. The highest BCUT2D eigenvalue weighted by molar-refractivity contribution is 5.76. The standard InChI is InChI=1S/C27H25N2O2/c1-2-3-18-28-26(22-14-8-5-9-15-22)19-23(21-12-6-4-7-13-21)20-27(28)24-16-10-11-17-25(24)29(30)31/h4-17,19-20H,2-3,18H2,1H3/q+1. The zero-order chi connectivity index (χ0) is 21.6. The lowest BCUT2D eigenvalue weighted by Gasteiger charge is -2.13. The van der Waals surface area contributed by atoms with E-state index in [1.54, 1.807) is 12.1 Å². The molecule has 4 aromatic rings. The Morgan fingerprint density at radius 1 is 0.742 bits per heavy atom. The Bertz CT molecular complexity index is 1190. The largest absolute Gasteiger partial charge is 0.283 e. The van der Waals surface area contributed by atoms with Crippen molar-refractivity contribution < 1.29 is 9.49 Å². The van der Waals surface area contributed by atoms with Gasteiger partial charge < -0.3 is 0 Å². The Kier molecular flexibility index (Phi) is 6.18. The molecule has 0 atom stereocenters. The van der Waals surface area contributed by atoms with Gasteiger partial charge in [0.1, 0.15) is 12.1 Å². The highest BCUT2D eigenvalue weighted by Gasteiger charge is 2.27. The molecule has 0 aliphatic carbocycles. The van der Waals surface area contributed by atoms with E-state index in [1.165, 1.54) is 0 Å². The summed E-state index contributed by atoms with van der Waals surface area (Å²) in [6.07, 6.45) is 2.03. The van der Waals surface area contributed by atoms with E-state index in [1.807, 2.05) is 48.5 Å². The van der Waals surface area contributed by atoms with Crippen LogP contribution in [-0.2, 0) is 6.54 Å². The summed E-state index contributed by atoms with van der Waals surface area (Å²) in [6.45, 7) is 2.95. The van der Waals surface area contributed by atoms with Crippen molar-refractivity contribution in [3.05, 3.63) is 107 Å². The summed E-state index contributed by atoms with van der Waals surface area (Å²) in [4.78, 5) is 11.5. The van der Waals surface area contributed by atoms with Crippen molar-refractivity contribution in [2.24, 2.45) is 0 Å². The summed E-state index contributed by atoms with van der Waals surface area (Å²) in [7, 11) is 0. The number of hydrogen-bond acceptors (Lipinski definition) is 2. The Labute approximate surface area is 182 Å². The molecule has 4 nitrogen and oxygen atoms in total. The monoisotopic (exact) mass is 409 g/mol. The molecule has 0 saturated carbocycles. The number of nitro groups is 1. The van der Waals surface area contributed by atoms with Gasteiger partial charge in [-0.25, -0.2) is 0 Å². The molecule has 0 radical (unpaired) electrons. The van der Waals surface area contributed by atoms with Gasteiger partial charge in [-0.1, -0.05) is 74.0 Å². The van der Waals surface area contributed by atoms with Crippen molar-refractivity contribution in [1.82, 2.24) is 0 Å². The first-order valence-corrected chi connectivity index (χ1v) is 10.6. The van der Waals surface area contributed by atoms with Gasteiger partial charge in [-0.3, -0.25) is 10.1 Å². The minimum absolute atomic E-state index is 0.122. The number of benzene rings is 3. The smallest absolute Gasteiger partial charge is 0.258 e. The zero-order valence-corrected chi connectivity index (χ0v) is 17.6. The van der Waals surface area contributed by atoms with Crippen LogP contribution in [0.1, 0.15) is 19.8 Å². The summed E-state index contributed by atoms with van der Waals surface area (Å²) in [6, 6.07) is 31.7. The Hall–Kier alpha value is -3.79. The maximum Gasteiger partial charge on any atom is 0.283 e.